The number of hydrogen-bond donors (Lipinski definition) is 4. The molecule has 3 atom stereocenters. The quantitative estimate of drug-likeness (QED) is 0.281. The van der Waals surface area contributed by atoms with Gasteiger partial charge in [0, 0.05) is 19.0 Å². The standard InChI is InChI=1S/C19H20N4O7.Na.H/c20-18(28)30-8-11-5-10-7-22(15-13(10)23(16(15)25)14(11)17(26)27)19(29)21-6-9-1-3-12(24)4-2-9;;/h1-4,10,13,15,24H,5-8H2,(H2,20,28)(H,21,29)(H,26,27);;/q;+1;-1/t10-,13-,15+;;/m1../s1. The molecule has 31 heavy (non-hydrogen) atoms. The Kier molecular flexibility index (Phi) is 6.48. The third-order valence-corrected chi connectivity index (χ3v) is 5.68. The molecule has 4 rings (SSSR count). The van der Waals surface area contributed by atoms with Gasteiger partial charge in [0.15, 0.2) is 0 Å². The van der Waals surface area contributed by atoms with E-state index < -0.39 is 36.1 Å². The number of carbonyl (C=O) groups excluding carboxylic acids is 3. The van der Waals surface area contributed by atoms with E-state index in [1.807, 2.05) is 0 Å². The van der Waals surface area contributed by atoms with E-state index >= 15 is 0 Å². The number of β-lactam (4-membered cyclic amide) rings is 1. The molecular formula is C19H21N4NaO7. The molecule has 160 valence electrons. The number of carbonyl (C=O) groups is 4. The Morgan fingerprint density at radius 3 is 2.55 bits per heavy atom. The molecule has 0 saturated carbocycles. The molecule has 2 fully saturated rings. The Hall–Kier alpha value is -2.76. The molecule has 0 aromatic heterocycles. The fourth-order valence-electron chi connectivity index (χ4n) is 4.43. The van der Waals surface area contributed by atoms with Crippen LogP contribution in [-0.4, -0.2) is 69.2 Å². The predicted octanol–water partition coefficient (Wildman–Crippen LogP) is -2.93. The molecule has 0 bridgehead atoms. The first-order valence-electron chi connectivity index (χ1n) is 9.31. The fourth-order valence-corrected chi connectivity index (χ4v) is 4.43. The number of amides is 4. The number of nitrogens with zero attached hydrogens (tertiary/aromatic N) is 2. The SMILES string of the molecule is NC(=O)OCC1=C(C(=O)O)N2C(=O)[C@@H]3[C@H]2[C@H](C1)CN3C(=O)NCc1ccc(O)cc1.[H-].[Na+]. The van der Waals surface area contributed by atoms with Gasteiger partial charge in [-0.1, -0.05) is 12.1 Å². The number of likely N-dealkylation sites (tertiary alicyclic amines) is 1. The van der Waals surface area contributed by atoms with Crippen LogP contribution >= 0.6 is 0 Å². The molecule has 12 heteroatoms. The van der Waals surface area contributed by atoms with E-state index in [0.29, 0.717) is 5.57 Å². The van der Waals surface area contributed by atoms with E-state index in [-0.39, 0.29) is 74.5 Å². The number of aliphatic carboxylic acids is 1. The van der Waals surface area contributed by atoms with Crippen molar-refractivity contribution in [3.05, 3.63) is 41.1 Å². The number of rotatable bonds is 5. The molecule has 1 aromatic rings. The molecule has 3 aliphatic heterocycles. The van der Waals surface area contributed by atoms with Crippen molar-refractivity contribution in [2.45, 2.75) is 25.0 Å². The van der Waals surface area contributed by atoms with Crippen LogP contribution < -0.4 is 40.6 Å². The summed E-state index contributed by atoms with van der Waals surface area (Å²) in [6.07, 6.45) is -0.759. The molecule has 1 aromatic carbocycles. The summed E-state index contributed by atoms with van der Waals surface area (Å²) in [7, 11) is 0. The van der Waals surface area contributed by atoms with Crippen LogP contribution in [0.3, 0.4) is 0 Å². The average Bonchev–Trinajstić information content (AvgIpc) is 3.07. The third kappa shape index (κ3) is 4.08. The summed E-state index contributed by atoms with van der Waals surface area (Å²) in [4.78, 5) is 50.7. The molecule has 0 radical (unpaired) electrons. The van der Waals surface area contributed by atoms with E-state index in [1.165, 1.54) is 21.9 Å². The first-order valence-corrected chi connectivity index (χ1v) is 9.31. The van der Waals surface area contributed by atoms with E-state index in [0.717, 1.165) is 5.56 Å². The monoisotopic (exact) mass is 440 g/mol. The van der Waals surface area contributed by atoms with Crippen molar-refractivity contribution in [1.29, 1.82) is 0 Å². The number of ether oxygens (including phenoxy) is 1. The maximum atomic E-state index is 12.7. The molecule has 0 spiro atoms. The van der Waals surface area contributed by atoms with Crippen molar-refractivity contribution in [3.63, 3.8) is 0 Å². The smallest absolute Gasteiger partial charge is 1.00 e. The zero-order chi connectivity index (χ0) is 21.6. The first kappa shape index (κ1) is 22.9. The van der Waals surface area contributed by atoms with Crippen LogP contribution in [0.25, 0.3) is 0 Å². The minimum atomic E-state index is -1.29. The first-order chi connectivity index (χ1) is 14.3. The Labute approximate surface area is 200 Å². The number of nitrogens with one attached hydrogen (secondary N) is 1. The van der Waals surface area contributed by atoms with Gasteiger partial charge in [-0.25, -0.2) is 14.4 Å². The van der Waals surface area contributed by atoms with Crippen LogP contribution in [0.4, 0.5) is 9.59 Å². The fraction of sp³-hybridized carbons (Fsp3) is 0.368. The Morgan fingerprint density at radius 2 is 1.94 bits per heavy atom. The zero-order valence-electron chi connectivity index (χ0n) is 17.8. The normalized spacial score (nSPS) is 23.5. The minimum absolute atomic E-state index is 0. The minimum Gasteiger partial charge on any atom is -1.00 e. The van der Waals surface area contributed by atoms with Crippen molar-refractivity contribution in [3.8, 4) is 5.75 Å². The molecule has 4 amide bonds. The molecule has 11 nitrogen and oxygen atoms in total. The number of carboxylic acid groups (broad SMARTS) is 1. The number of phenolic OH excluding ortho intramolecular Hbond substituents is 1. The molecule has 3 heterocycles. The third-order valence-electron chi connectivity index (χ3n) is 5.68. The number of hydrogen-bond acceptors (Lipinski definition) is 6. The van der Waals surface area contributed by atoms with Gasteiger partial charge < -0.3 is 32.3 Å². The van der Waals surface area contributed by atoms with Gasteiger partial charge in [-0.3, -0.25) is 9.69 Å². The summed E-state index contributed by atoms with van der Waals surface area (Å²) < 4.78 is 4.75. The predicted molar refractivity (Wildman–Crippen MR) is 101 cm³/mol. The number of benzene rings is 1. The van der Waals surface area contributed by atoms with Crippen LogP contribution in [0.2, 0.25) is 0 Å². The van der Waals surface area contributed by atoms with Crippen molar-refractivity contribution >= 4 is 24.0 Å². The number of aromatic hydroxyl groups is 1. The second-order valence-electron chi connectivity index (χ2n) is 7.45. The summed E-state index contributed by atoms with van der Waals surface area (Å²) in [5.74, 6) is -1.82. The summed E-state index contributed by atoms with van der Waals surface area (Å²) in [6, 6.07) is 4.79. The molecule has 0 unspecified atom stereocenters. The number of urea groups is 1. The average molecular weight is 440 g/mol. The summed E-state index contributed by atoms with van der Waals surface area (Å²) in [6.45, 7) is 0.166. The van der Waals surface area contributed by atoms with Gasteiger partial charge in [0.05, 0.1) is 6.04 Å². The van der Waals surface area contributed by atoms with Crippen molar-refractivity contribution in [1.82, 2.24) is 15.1 Å². The van der Waals surface area contributed by atoms with Crippen molar-refractivity contribution in [2.75, 3.05) is 13.2 Å². The van der Waals surface area contributed by atoms with Gasteiger partial charge in [0.25, 0.3) is 5.91 Å². The molecule has 0 aliphatic carbocycles. The largest absolute Gasteiger partial charge is 1.00 e. The van der Waals surface area contributed by atoms with Crippen molar-refractivity contribution < 1.29 is 65.1 Å². The maximum Gasteiger partial charge on any atom is 1.00 e. The Balaban J connectivity index is 0.00000181. The van der Waals surface area contributed by atoms with E-state index in [2.05, 4.69) is 5.32 Å². The number of carboxylic acids is 1. The summed E-state index contributed by atoms with van der Waals surface area (Å²) >= 11 is 0. The molecule has 2 saturated heterocycles. The number of primary amides is 1. The second kappa shape index (κ2) is 8.77. The van der Waals surface area contributed by atoms with Gasteiger partial charge in [-0.2, -0.15) is 0 Å². The van der Waals surface area contributed by atoms with Crippen molar-refractivity contribution in [2.24, 2.45) is 11.7 Å². The van der Waals surface area contributed by atoms with Crippen LogP contribution in [0, 0.1) is 5.92 Å². The molecule has 5 N–H and O–H groups in total. The number of nitrogens with two attached hydrogens (primary N) is 1. The topological polar surface area (TPSA) is 162 Å². The zero-order valence-corrected chi connectivity index (χ0v) is 18.8. The summed E-state index contributed by atoms with van der Waals surface area (Å²) in [5.41, 5.74) is 5.84. The molecule has 3 aliphatic rings. The van der Waals surface area contributed by atoms with Crippen LogP contribution in [0.5, 0.6) is 5.75 Å². The van der Waals surface area contributed by atoms with E-state index in [9.17, 15) is 29.4 Å². The number of phenols is 1. The second-order valence-corrected chi connectivity index (χ2v) is 7.45. The maximum absolute atomic E-state index is 12.7. The van der Waals surface area contributed by atoms with Crippen LogP contribution in [0.1, 0.15) is 13.4 Å². The Morgan fingerprint density at radius 1 is 1.26 bits per heavy atom. The van der Waals surface area contributed by atoms with Gasteiger partial charge >= 0.3 is 47.7 Å². The van der Waals surface area contributed by atoms with Gasteiger partial charge in [0.2, 0.25) is 0 Å². The van der Waals surface area contributed by atoms with E-state index in [4.69, 9.17) is 10.5 Å². The Bertz CT molecular complexity index is 971. The van der Waals surface area contributed by atoms with Gasteiger partial charge in [-0.15, -0.1) is 0 Å². The van der Waals surface area contributed by atoms with Crippen LogP contribution in [-0.2, 0) is 20.9 Å². The van der Waals surface area contributed by atoms with Gasteiger partial charge in [-0.05, 0) is 29.7 Å². The molecular weight excluding hydrogens is 419 g/mol. The van der Waals surface area contributed by atoms with Crippen LogP contribution in [0.15, 0.2) is 35.5 Å². The van der Waals surface area contributed by atoms with Gasteiger partial charge in [0.1, 0.15) is 24.1 Å². The summed E-state index contributed by atoms with van der Waals surface area (Å²) in [5, 5.41) is 21.7. The van der Waals surface area contributed by atoms with E-state index in [1.54, 1.807) is 12.1 Å².